The van der Waals surface area contributed by atoms with Crippen molar-refractivity contribution in [3.05, 3.63) is 0 Å². The Hall–Kier alpha value is -1.31. The monoisotopic (exact) mass is 267 g/mol. The van der Waals surface area contributed by atoms with Gasteiger partial charge in [-0.05, 0) is 12.8 Å². The van der Waals surface area contributed by atoms with Crippen LogP contribution in [-0.4, -0.2) is 39.9 Å². The van der Waals surface area contributed by atoms with Crippen LogP contribution in [-0.2, 0) is 9.59 Å². The van der Waals surface area contributed by atoms with Gasteiger partial charge in [0.15, 0.2) is 0 Å². The third-order valence-corrected chi connectivity index (χ3v) is 4.18. The number of aliphatic hydroxyl groups excluding tert-OH is 1. The maximum Gasteiger partial charge on any atom is 0.471 e. The SMILES string of the molecule is O=C(N[C@]1(C(=O)O)C[C@@H](O)C12CCC2)C(F)(F)F. The van der Waals surface area contributed by atoms with E-state index in [0.717, 1.165) is 0 Å². The molecule has 5 nitrogen and oxygen atoms in total. The number of hydrogen-bond acceptors (Lipinski definition) is 3. The number of rotatable bonds is 2. The predicted molar refractivity (Wildman–Crippen MR) is 51.5 cm³/mol. The Balaban J connectivity index is 2.25. The molecule has 8 heteroatoms. The molecular weight excluding hydrogens is 255 g/mol. The predicted octanol–water partition coefficient (Wildman–Crippen LogP) is 0.423. The van der Waals surface area contributed by atoms with E-state index in [4.69, 9.17) is 5.11 Å². The van der Waals surface area contributed by atoms with Crippen LogP contribution in [0, 0.1) is 5.41 Å². The number of nitrogens with one attached hydrogen (secondary N) is 1. The van der Waals surface area contributed by atoms with Crippen LogP contribution in [0.25, 0.3) is 0 Å². The van der Waals surface area contributed by atoms with Crippen LogP contribution >= 0.6 is 0 Å². The highest BCUT2D eigenvalue weighted by molar-refractivity contribution is 5.91. The van der Waals surface area contributed by atoms with Gasteiger partial charge in [-0.1, -0.05) is 6.42 Å². The molecule has 0 heterocycles. The minimum Gasteiger partial charge on any atom is -0.479 e. The fourth-order valence-corrected chi connectivity index (χ4v) is 2.95. The highest BCUT2D eigenvalue weighted by atomic mass is 19.4. The van der Waals surface area contributed by atoms with E-state index in [0.29, 0.717) is 19.3 Å². The number of aliphatic carboxylic acids is 1. The number of hydrogen-bond donors (Lipinski definition) is 3. The van der Waals surface area contributed by atoms with Gasteiger partial charge >= 0.3 is 18.1 Å². The lowest BCUT2D eigenvalue weighted by Gasteiger charge is -2.64. The second kappa shape index (κ2) is 3.59. The topological polar surface area (TPSA) is 86.6 Å². The average Bonchev–Trinajstić information content (AvgIpc) is 2.11. The third-order valence-electron chi connectivity index (χ3n) is 4.18. The number of carbonyl (C=O) groups is 2. The van der Waals surface area contributed by atoms with Crippen LogP contribution in [0.4, 0.5) is 13.2 Å². The number of aliphatic hydroxyl groups is 1. The molecule has 1 spiro atoms. The lowest BCUT2D eigenvalue weighted by atomic mass is 9.43. The van der Waals surface area contributed by atoms with Crippen LogP contribution in [0.3, 0.4) is 0 Å². The number of carboxylic acid groups (broad SMARTS) is 1. The highest BCUT2D eigenvalue weighted by Gasteiger charge is 2.73. The Morgan fingerprint density at radius 3 is 2.11 bits per heavy atom. The molecule has 102 valence electrons. The zero-order chi connectivity index (χ0) is 13.8. The molecule has 1 amide bonds. The number of halogens is 3. The van der Waals surface area contributed by atoms with E-state index in [9.17, 15) is 27.9 Å². The molecular formula is C10H12F3NO4. The van der Waals surface area contributed by atoms with E-state index in [1.807, 2.05) is 0 Å². The molecule has 0 aromatic heterocycles. The van der Waals surface area contributed by atoms with E-state index in [2.05, 4.69) is 0 Å². The summed E-state index contributed by atoms with van der Waals surface area (Å²) in [6.45, 7) is 0. The molecule has 0 unspecified atom stereocenters. The van der Waals surface area contributed by atoms with E-state index < -0.39 is 35.1 Å². The third kappa shape index (κ3) is 1.44. The van der Waals surface area contributed by atoms with Crippen LogP contribution in [0.1, 0.15) is 25.7 Å². The van der Waals surface area contributed by atoms with Crippen molar-refractivity contribution in [2.24, 2.45) is 5.41 Å². The average molecular weight is 267 g/mol. The molecule has 2 rings (SSSR count). The lowest BCUT2D eigenvalue weighted by Crippen LogP contribution is -2.80. The fraction of sp³-hybridized carbons (Fsp3) is 0.800. The Labute approximate surface area is 100.0 Å². The molecule has 2 saturated carbocycles. The molecule has 0 radical (unpaired) electrons. The Kier molecular flexibility index (Phi) is 2.62. The molecule has 2 atom stereocenters. The molecule has 0 aromatic carbocycles. The van der Waals surface area contributed by atoms with Gasteiger partial charge in [-0.3, -0.25) is 4.79 Å². The van der Waals surface area contributed by atoms with E-state index in [1.165, 1.54) is 0 Å². The van der Waals surface area contributed by atoms with Gasteiger partial charge in [-0.2, -0.15) is 13.2 Å². The standard InChI is InChI=1S/C10H12F3NO4/c11-10(12,13)6(16)14-9(7(17)18)4-5(15)8(9)2-1-3-8/h5,15H,1-4H2,(H,14,16)(H,17,18)/t5-,9+/m1/s1. The maximum atomic E-state index is 12.2. The van der Waals surface area contributed by atoms with Crippen molar-refractivity contribution in [3.63, 3.8) is 0 Å². The van der Waals surface area contributed by atoms with Crippen molar-refractivity contribution in [1.82, 2.24) is 5.32 Å². The second-order valence-corrected chi connectivity index (χ2v) is 4.89. The quantitative estimate of drug-likeness (QED) is 0.677. The van der Waals surface area contributed by atoms with Gasteiger partial charge in [-0.25, -0.2) is 4.79 Å². The zero-order valence-electron chi connectivity index (χ0n) is 9.25. The first-order valence-electron chi connectivity index (χ1n) is 5.46. The van der Waals surface area contributed by atoms with Crippen molar-refractivity contribution in [1.29, 1.82) is 0 Å². The second-order valence-electron chi connectivity index (χ2n) is 4.89. The Morgan fingerprint density at radius 1 is 1.28 bits per heavy atom. The van der Waals surface area contributed by atoms with Gasteiger partial charge in [0, 0.05) is 11.8 Å². The maximum absolute atomic E-state index is 12.2. The van der Waals surface area contributed by atoms with Crippen LogP contribution in [0.2, 0.25) is 0 Å². The molecule has 0 saturated heterocycles. The van der Waals surface area contributed by atoms with Crippen molar-refractivity contribution in [2.45, 2.75) is 43.5 Å². The summed E-state index contributed by atoms with van der Waals surface area (Å²) in [6, 6.07) is 0. The van der Waals surface area contributed by atoms with Gasteiger partial charge in [0.05, 0.1) is 6.10 Å². The molecule has 2 aliphatic carbocycles. The summed E-state index contributed by atoms with van der Waals surface area (Å²) >= 11 is 0. The Bertz CT molecular complexity index is 404. The summed E-state index contributed by atoms with van der Waals surface area (Å²) in [7, 11) is 0. The molecule has 2 fully saturated rings. The number of alkyl halides is 3. The van der Waals surface area contributed by atoms with Crippen LogP contribution < -0.4 is 5.32 Å². The summed E-state index contributed by atoms with van der Waals surface area (Å²) in [5.74, 6) is -3.80. The fourth-order valence-electron chi connectivity index (χ4n) is 2.95. The smallest absolute Gasteiger partial charge is 0.471 e. The van der Waals surface area contributed by atoms with Crippen molar-refractivity contribution in [3.8, 4) is 0 Å². The van der Waals surface area contributed by atoms with Gasteiger partial charge in [0.1, 0.15) is 5.54 Å². The van der Waals surface area contributed by atoms with Gasteiger partial charge in [0.2, 0.25) is 0 Å². The zero-order valence-corrected chi connectivity index (χ0v) is 9.25. The minimum atomic E-state index is -5.13. The van der Waals surface area contributed by atoms with Crippen molar-refractivity contribution < 1.29 is 33.0 Å². The Morgan fingerprint density at radius 2 is 1.83 bits per heavy atom. The number of carboxylic acids is 1. The van der Waals surface area contributed by atoms with E-state index in [-0.39, 0.29) is 6.42 Å². The lowest BCUT2D eigenvalue weighted by molar-refractivity contribution is -0.222. The molecule has 0 aliphatic heterocycles. The summed E-state index contributed by atoms with van der Waals surface area (Å²) in [6.07, 6.45) is -5.25. The molecule has 0 aromatic rings. The van der Waals surface area contributed by atoms with Crippen LogP contribution in [0.5, 0.6) is 0 Å². The minimum absolute atomic E-state index is 0.304. The summed E-state index contributed by atoms with van der Waals surface area (Å²) in [5, 5.41) is 20.3. The van der Waals surface area contributed by atoms with Crippen LogP contribution in [0.15, 0.2) is 0 Å². The van der Waals surface area contributed by atoms with E-state index >= 15 is 0 Å². The van der Waals surface area contributed by atoms with Gasteiger partial charge in [-0.15, -0.1) is 0 Å². The summed E-state index contributed by atoms with van der Waals surface area (Å²) in [4.78, 5) is 22.2. The summed E-state index contributed by atoms with van der Waals surface area (Å²) in [5.41, 5.74) is -3.13. The first kappa shape index (κ1) is 13.1. The summed E-state index contributed by atoms with van der Waals surface area (Å²) < 4.78 is 36.6. The van der Waals surface area contributed by atoms with Crippen molar-refractivity contribution >= 4 is 11.9 Å². The highest BCUT2D eigenvalue weighted by Crippen LogP contribution is 2.62. The largest absolute Gasteiger partial charge is 0.479 e. The van der Waals surface area contributed by atoms with Gasteiger partial charge in [0.25, 0.3) is 0 Å². The molecule has 2 aliphatic rings. The van der Waals surface area contributed by atoms with E-state index in [1.54, 1.807) is 5.32 Å². The molecule has 0 bridgehead atoms. The number of amides is 1. The molecule has 3 N–H and O–H groups in total. The molecule has 18 heavy (non-hydrogen) atoms. The first-order chi connectivity index (χ1) is 8.16. The number of carbonyl (C=O) groups excluding carboxylic acids is 1. The normalized spacial score (nSPS) is 33.4. The van der Waals surface area contributed by atoms with Crippen molar-refractivity contribution in [2.75, 3.05) is 0 Å². The first-order valence-corrected chi connectivity index (χ1v) is 5.46. The van der Waals surface area contributed by atoms with Gasteiger partial charge < -0.3 is 15.5 Å².